The number of aliphatic hydroxyl groups is 1. The molecule has 1 aliphatic rings. The van der Waals surface area contributed by atoms with Gasteiger partial charge < -0.3 is 34.4 Å². The maximum absolute atomic E-state index is 15.3. The highest BCUT2D eigenvalue weighted by molar-refractivity contribution is 7.72. The number of nitrogens with zero attached hydrogens (tertiary/aromatic N) is 1. The number of alkyl halides is 1. The van der Waals surface area contributed by atoms with Gasteiger partial charge in [0.25, 0.3) is 0 Å². The number of H-pyrrole nitrogens is 1. The summed E-state index contributed by atoms with van der Waals surface area (Å²) in [4.78, 5) is 38.1. The highest BCUT2D eigenvalue weighted by Crippen LogP contribution is 2.66. The standard InChI is InChI=1S/C11H14FN2O12P3S2/c1-2-11(12)8(15)6(24-9(11)14-4-3-7(30)13-10(14)31)5-23-28(19,20)26-29(21,22)25-27(16,17)18/h1,3-4,6,8-9,15H,5H2,(H,19,20)(H,21,22)(H,13,30,31)(H2,16,17,18). The topological polar surface area (TPSA) is 210 Å². The van der Waals surface area contributed by atoms with E-state index in [2.05, 4.69) is 18.1 Å². The molecule has 20 heteroatoms. The Labute approximate surface area is 183 Å². The molecule has 0 amide bonds. The van der Waals surface area contributed by atoms with Crippen LogP contribution in [0.3, 0.4) is 0 Å². The lowest BCUT2D eigenvalue weighted by molar-refractivity contribution is -0.0525. The Morgan fingerprint density at radius 2 is 1.87 bits per heavy atom. The van der Waals surface area contributed by atoms with Crippen LogP contribution in [0.5, 0.6) is 0 Å². The van der Waals surface area contributed by atoms with Crippen molar-refractivity contribution >= 4 is 47.9 Å². The normalized spacial score (nSPS) is 30.3. The van der Waals surface area contributed by atoms with Gasteiger partial charge in [0.1, 0.15) is 16.8 Å². The number of ether oxygens (including phenoxy) is 1. The Morgan fingerprint density at radius 1 is 1.26 bits per heavy atom. The van der Waals surface area contributed by atoms with Gasteiger partial charge in [-0.15, -0.1) is 6.42 Å². The number of aromatic amines is 1. The molecule has 2 heterocycles. The van der Waals surface area contributed by atoms with Crippen LogP contribution in [0.25, 0.3) is 0 Å². The predicted octanol–water partition coefficient (Wildman–Crippen LogP) is 1.22. The zero-order valence-corrected chi connectivity index (χ0v) is 19.1. The molecule has 0 spiro atoms. The van der Waals surface area contributed by atoms with Gasteiger partial charge in [0.05, 0.1) is 6.61 Å². The van der Waals surface area contributed by atoms with Crippen LogP contribution >= 0.6 is 47.9 Å². The van der Waals surface area contributed by atoms with Gasteiger partial charge >= 0.3 is 23.5 Å². The Hall–Kier alpha value is -0.660. The summed E-state index contributed by atoms with van der Waals surface area (Å²) in [6.07, 6.45) is 0.801. The largest absolute Gasteiger partial charge is 0.490 e. The van der Waals surface area contributed by atoms with Crippen LogP contribution in [-0.4, -0.2) is 58.7 Å². The van der Waals surface area contributed by atoms with E-state index in [9.17, 15) is 23.7 Å². The fourth-order valence-corrected chi connectivity index (χ4v) is 5.91. The summed E-state index contributed by atoms with van der Waals surface area (Å²) in [7, 11) is -16.9. The van der Waals surface area contributed by atoms with Gasteiger partial charge in [0, 0.05) is 6.20 Å². The first-order valence-electron chi connectivity index (χ1n) is 7.60. The van der Waals surface area contributed by atoms with Crippen LogP contribution in [0.2, 0.25) is 0 Å². The number of nitrogens with one attached hydrogen (secondary N) is 1. The molecule has 0 aliphatic carbocycles. The van der Waals surface area contributed by atoms with Crippen LogP contribution in [0.4, 0.5) is 4.39 Å². The summed E-state index contributed by atoms with van der Waals surface area (Å²) in [5.41, 5.74) is -2.90. The molecule has 1 aliphatic heterocycles. The first kappa shape index (κ1) is 26.6. The second-order valence-corrected chi connectivity index (χ2v) is 11.0. The van der Waals surface area contributed by atoms with E-state index in [-0.39, 0.29) is 9.41 Å². The van der Waals surface area contributed by atoms with Gasteiger partial charge in [-0.25, -0.2) is 18.1 Å². The Morgan fingerprint density at radius 3 is 2.39 bits per heavy atom. The summed E-state index contributed by atoms with van der Waals surface area (Å²) in [6.45, 7) is -1.12. The lowest BCUT2D eigenvalue weighted by Gasteiger charge is -2.24. The Kier molecular flexibility index (Phi) is 7.98. The van der Waals surface area contributed by atoms with E-state index in [1.165, 1.54) is 12.3 Å². The molecule has 174 valence electrons. The van der Waals surface area contributed by atoms with Crippen molar-refractivity contribution < 1.29 is 60.6 Å². The molecule has 0 radical (unpaired) electrons. The van der Waals surface area contributed by atoms with Gasteiger partial charge in [0.2, 0.25) is 5.67 Å². The van der Waals surface area contributed by atoms with Crippen molar-refractivity contribution in [1.29, 1.82) is 0 Å². The molecular weight excluding hydrogens is 528 g/mol. The second-order valence-electron chi connectivity index (χ2n) is 5.79. The van der Waals surface area contributed by atoms with Crippen molar-refractivity contribution in [3.8, 4) is 12.3 Å². The monoisotopic (exact) mass is 542 g/mol. The summed E-state index contributed by atoms with van der Waals surface area (Å²) in [5.74, 6) is 1.71. The van der Waals surface area contributed by atoms with E-state index in [0.29, 0.717) is 0 Å². The number of hydrogen-bond donors (Lipinski definition) is 6. The molecule has 1 aromatic rings. The minimum absolute atomic E-state index is 0.129. The molecule has 14 nitrogen and oxygen atoms in total. The third-order valence-corrected chi connectivity index (χ3v) is 7.94. The minimum Gasteiger partial charge on any atom is -0.386 e. The highest BCUT2D eigenvalue weighted by atomic mass is 32.1. The molecule has 2 rings (SSSR count). The van der Waals surface area contributed by atoms with E-state index in [0.717, 1.165) is 4.57 Å². The number of terminal acetylenes is 1. The molecule has 1 aromatic heterocycles. The van der Waals surface area contributed by atoms with E-state index in [1.54, 1.807) is 5.92 Å². The van der Waals surface area contributed by atoms with Crippen LogP contribution < -0.4 is 0 Å². The molecule has 0 bridgehead atoms. The molecular formula is C11H14FN2O12P3S2. The highest BCUT2D eigenvalue weighted by Gasteiger charge is 2.58. The van der Waals surface area contributed by atoms with E-state index < -0.39 is 54.2 Å². The maximum atomic E-state index is 15.3. The average molecular weight is 542 g/mol. The summed E-state index contributed by atoms with van der Waals surface area (Å²) >= 11 is 9.87. The summed E-state index contributed by atoms with van der Waals surface area (Å²) in [6, 6.07) is 1.32. The molecule has 0 aromatic carbocycles. The van der Waals surface area contributed by atoms with Crippen molar-refractivity contribution in [2.45, 2.75) is 24.1 Å². The van der Waals surface area contributed by atoms with Crippen LogP contribution in [0.15, 0.2) is 12.3 Å². The van der Waals surface area contributed by atoms with E-state index >= 15 is 4.39 Å². The van der Waals surface area contributed by atoms with Crippen molar-refractivity contribution in [2.75, 3.05) is 6.61 Å². The molecule has 1 fully saturated rings. The van der Waals surface area contributed by atoms with Gasteiger partial charge in [-0.05, 0) is 18.3 Å². The SMILES string of the molecule is C#CC1(F)C(O)C(COP(=O)(O)OP(=O)(O)OP(=O)(O)O)OC1n1ccc(=S)[nH]c1=S. The van der Waals surface area contributed by atoms with E-state index in [1.807, 2.05) is 0 Å². The lowest BCUT2D eigenvalue weighted by Crippen LogP contribution is -2.42. The molecule has 6 N–H and O–H groups in total. The third-order valence-electron chi connectivity index (χ3n) is 3.59. The molecule has 0 saturated carbocycles. The first-order valence-corrected chi connectivity index (χ1v) is 12.9. The van der Waals surface area contributed by atoms with E-state index in [4.69, 9.17) is 50.3 Å². The fourth-order valence-electron chi connectivity index (χ4n) is 2.39. The quantitative estimate of drug-likeness (QED) is 0.155. The molecule has 6 unspecified atom stereocenters. The van der Waals surface area contributed by atoms with Gasteiger partial charge in [-0.3, -0.25) is 9.09 Å². The van der Waals surface area contributed by atoms with Gasteiger partial charge in [0.15, 0.2) is 11.0 Å². The number of rotatable bonds is 8. The van der Waals surface area contributed by atoms with Crippen LogP contribution in [0, 0.1) is 21.8 Å². The number of aliphatic hydroxyl groups excluding tert-OH is 1. The fraction of sp³-hybridized carbons (Fsp3) is 0.455. The molecule has 31 heavy (non-hydrogen) atoms. The zero-order valence-electron chi connectivity index (χ0n) is 14.7. The molecule has 1 saturated heterocycles. The second kappa shape index (κ2) is 9.30. The molecule has 6 atom stereocenters. The van der Waals surface area contributed by atoms with Crippen molar-refractivity contribution in [3.05, 3.63) is 21.7 Å². The number of halogens is 1. The Balaban J connectivity index is 2.19. The number of phosphoric ester groups is 1. The minimum atomic E-state index is -5.76. The average Bonchev–Trinajstić information content (AvgIpc) is 2.82. The van der Waals surface area contributed by atoms with Crippen molar-refractivity contribution in [3.63, 3.8) is 0 Å². The summed E-state index contributed by atoms with van der Waals surface area (Å²) < 4.78 is 66.7. The maximum Gasteiger partial charge on any atom is 0.490 e. The zero-order chi connectivity index (χ0) is 23.8. The number of phosphoric acid groups is 3. The van der Waals surface area contributed by atoms with Crippen molar-refractivity contribution in [1.82, 2.24) is 9.55 Å². The van der Waals surface area contributed by atoms with Crippen molar-refractivity contribution in [2.24, 2.45) is 0 Å². The first-order chi connectivity index (χ1) is 14.0. The smallest absolute Gasteiger partial charge is 0.386 e. The number of aromatic nitrogens is 2. The van der Waals surface area contributed by atoms with Gasteiger partial charge in [-0.1, -0.05) is 18.1 Å². The summed E-state index contributed by atoms with van der Waals surface area (Å²) in [5, 5.41) is 10.2. The van der Waals surface area contributed by atoms with Crippen LogP contribution in [0.1, 0.15) is 6.23 Å². The lowest BCUT2D eigenvalue weighted by atomic mass is 9.97. The Bertz CT molecular complexity index is 1150. The third kappa shape index (κ3) is 6.67. The van der Waals surface area contributed by atoms with Crippen LogP contribution in [-0.2, 0) is 31.6 Å². The predicted molar refractivity (Wildman–Crippen MR) is 103 cm³/mol. The number of hydrogen-bond acceptors (Lipinski definition) is 10. The van der Waals surface area contributed by atoms with Gasteiger partial charge in [-0.2, -0.15) is 8.62 Å².